The molecule has 0 bridgehead atoms. The summed E-state index contributed by atoms with van der Waals surface area (Å²) in [6.07, 6.45) is 0. The number of anilines is 1. The van der Waals surface area contributed by atoms with Gasteiger partial charge in [-0.2, -0.15) is 0 Å². The van der Waals surface area contributed by atoms with E-state index in [-0.39, 0.29) is 12.4 Å². The van der Waals surface area contributed by atoms with Crippen LogP contribution in [-0.2, 0) is 13.2 Å². The van der Waals surface area contributed by atoms with Crippen molar-refractivity contribution in [2.45, 2.75) is 13.2 Å². The Hall–Kier alpha value is -2.07. The monoisotopic (exact) mass is 247 g/mol. The molecule has 94 valence electrons. The number of ether oxygens (including phenoxy) is 1. The second-order valence-corrected chi connectivity index (χ2v) is 3.94. The molecule has 18 heavy (non-hydrogen) atoms. The first-order chi connectivity index (χ1) is 8.69. The van der Waals surface area contributed by atoms with Gasteiger partial charge in [-0.1, -0.05) is 12.1 Å². The fraction of sp³-hybridized carbons (Fsp3) is 0.143. The maximum absolute atomic E-state index is 12.7. The topological polar surface area (TPSA) is 55.5 Å². The molecule has 0 aliphatic carbocycles. The Morgan fingerprint density at radius 3 is 2.50 bits per heavy atom. The maximum atomic E-state index is 12.7. The van der Waals surface area contributed by atoms with Crippen molar-refractivity contribution < 1.29 is 14.2 Å². The van der Waals surface area contributed by atoms with Crippen LogP contribution in [0.25, 0.3) is 0 Å². The zero-order valence-corrected chi connectivity index (χ0v) is 9.77. The Kier molecular flexibility index (Phi) is 3.79. The molecule has 0 amide bonds. The molecule has 0 unspecified atom stereocenters. The predicted molar refractivity (Wildman–Crippen MR) is 67.5 cm³/mol. The minimum absolute atomic E-state index is 0.135. The molecular weight excluding hydrogens is 233 g/mol. The van der Waals surface area contributed by atoms with Gasteiger partial charge in [-0.05, 0) is 35.9 Å². The molecule has 0 heterocycles. The third kappa shape index (κ3) is 2.99. The lowest BCUT2D eigenvalue weighted by Crippen LogP contribution is -2.00. The Labute approximate surface area is 105 Å². The average molecular weight is 247 g/mol. The summed E-state index contributed by atoms with van der Waals surface area (Å²) < 4.78 is 18.3. The third-order valence-electron chi connectivity index (χ3n) is 2.56. The summed E-state index contributed by atoms with van der Waals surface area (Å²) in [4.78, 5) is 0. The van der Waals surface area contributed by atoms with E-state index in [1.54, 1.807) is 30.3 Å². The minimum Gasteiger partial charge on any atom is -0.489 e. The largest absolute Gasteiger partial charge is 0.489 e. The number of aliphatic hydroxyl groups is 1. The van der Waals surface area contributed by atoms with Crippen LogP contribution in [0, 0.1) is 5.82 Å². The molecule has 3 N–H and O–H groups in total. The lowest BCUT2D eigenvalue weighted by molar-refractivity contribution is 0.259. The Balaban J connectivity index is 2.08. The van der Waals surface area contributed by atoms with Crippen molar-refractivity contribution in [3.63, 3.8) is 0 Å². The van der Waals surface area contributed by atoms with Gasteiger partial charge in [-0.3, -0.25) is 0 Å². The second-order valence-electron chi connectivity index (χ2n) is 3.94. The number of halogens is 1. The van der Waals surface area contributed by atoms with Crippen molar-refractivity contribution in [3.8, 4) is 5.75 Å². The van der Waals surface area contributed by atoms with Gasteiger partial charge in [0.2, 0.25) is 0 Å². The molecule has 3 nitrogen and oxygen atoms in total. The third-order valence-corrected chi connectivity index (χ3v) is 2.56. The van der Waals surface area contributed by atoms with Gasteiger partial charge >= 0.3 is 0 Å². The Morgan fingerprint density at radius 1 is 1.11 bits per heavy atom. The van der Waals surface area contributed by atoms with Crippen LogP contribution in [0.2, 0.25) is 0 Å². The van der Waals surface area contributed by atoms with Crippen LogP contribution in [0.15, 0.2) is 42.5 Å². The molecule has 2 rings (SSSR count). The highest BCUT2D eigenvalue weighted by atomic mass is 19.1. The van der Waals surface area contributed by atoms with E-state index in [1.807, 2.05) is 0 Å². The molecule has 0 radical (unpaired) electrons. The summed E-state index contributed by atoms with van der Waals surface area (Å²) in [5, 5.41) is 9.19. The summed E-state index contributed by atoms with van der Waals surface area (Å²) in [7, 11) is 0. The SMILES string of the molecule is Nc1ccc(OCc2ccc(F)cc2)c(CO)c1. The zero-order valence-electron chi connectivity index (χ0n) is 9.77. The Bertz CT molecular complexity index is 526. The van der Waals surface area contributed by atoms with Gasteiger partial charge in [-0.15, -0.1) is 0 Å². The van der Waals surface area contributed by atoms with Crippen molar-refractivity contribution in [1.82, 2.24) is 0 Å². The van der Waals surface area contributed by atoms with Crippen LogP contribution in [0.1, 0.15) is 11.1 Å². The summed E-state index contributed by atoms with van der Waals surface area (Å²) >= 11 is 0. The van der Waals surface area contributed by atoms with E-state index in [0.717, 1.165) is 5.56 Å². The second kappa shape index (κ2) is 5.51. The molecule has 0 aromatic heterocycles. The van der Waals surface area contributed by atoms with Gasteiger partial charge in [0.1, 0.15) is 18.2 Å². The number of nitrogens with two attached hydrogens (primary N) is 1. The first-order valence-corrected chi connectivity index (χ1v) is 5.55. The normalized spacial score (nSPS) is 10.3. The number of benzene rings is 2. The maximum Gasteiger partial charge on any atom is 0.125 e. The molecule has 0 spiro atoms. The molecule has 0 aliphatic rings. The first-order valence-electron chi connectivity index (χ1n) is 5.55. The molecule has 0 saturated carbocycles. The molecular formula is C14H14FNO2. The van der Waals surface area contributed by atoms with Crippen molar-refractivity contribution >= 4 is 5.69 Å². The van der Waals surface area contributed by atoms with Gasteiger partial charge in [0.25, 0.3) is 0 Å². The van der Waals surface area contributed by atoms with Crippen molar-refractivity contribution in [1.29, 1.82) is 0 Å². The van der Waals surface area contributed by atoms with Gasteiger partial charge < -0.3 is 15.6 Å². The van der Waals surface area contributed by atoms with Crippen LogP contribution < -0.4 is 10.5 Å². The van der Waals surface area contributed by atoms with E-state index in [0.29, 0.717) is 23.6 Å². The van der Waals surface area contributed by atoms with E-state index in [4.69, 9.17) is 10.5 Å². The van der Waals surface area contributed by atoms with Crippen LogP contribution in [0.4, 0.5) is 10.1 Å². The van der Waals surface area contributed by atoms with Crippen molar-refractivity contribution in [3.05, 3.63) is 59.4 Å². The van der Waals surface area contributed by atoms with Gasteiger partial charge in [0, 0.05) is 11.3 Å². The quantitative estimate of drug-likeness (QED) is 0.816. The molecule has 4 heteroatoms. The molecule has 2 aromatic carbocycles. The predicted octanol–water partition coefficient (Wildman–Crippen LogP) is 2.48. The van der Waals surface area contributed by atoms with E-state index >= 15 is 0 Å². The van der Waals surface area contributed by atoms with Crippen LogP contribution >= 0.6 is 0 Å². The zero-order chi connectivity index (χ0) is 13.0. The molecule has 0 fully saturated rings. The fourth-order valence-electron chi connectivity index (χ4n) is 1.61. The summed E-state index contributed by atoms with van der Waals surface area (Å²) in [6, 6.07) is 11.2. The fourth-order valence-corrected chi connectivity index (χ4v) is 1.61. The minimum atomic E-state index is -0.276. The van der Waals surface area contributed by atoms with Gasteiger partial charge in [0.05, 0.1) is 6.61 Å². The van der Waals surface area contributed by atoms with E-state index in [9.17, 15) is 9.50 Å². The summed E-state index contributed by atoms with van der Waals surface area (Å²) in [6.45, 7) is 0.182. The highest BCUT2D eigenvalue weighted by molar-refractivity contribution is 5.47. The number of rotatable bonds is 4. The summed E-state index contributed by atoms with van der Waals surface area (Å²) in [5.74, 6) is 0.304. The highest BCUT2D eigenvalue weighted by Gasteiger charge is 2.04. The number of aliphatic hydroxyl groups excluding tert-OH is 1. The van der Waals surface area contributed by atoms with Gasteiger partial charge in [-0.25, -0.2) is 4.39 Å². The lowest BCUT2D eigenvalue weighted by atomic mass is 10.2. The van der Waals surface area contributed by atoms with Gasteiger partial charge in [0.15, 0.2) is 0 Å². The van der Waals surface area contributed by atoms with E-state index in [1.165, 1.54) is 12.1 Å². The lowest BCUT2D eigenvalue weighted by Gasteiger charge is -2.10. The molecule has 2 aromatic rings. The van der Waals surface area contributed by atoms with Crippen molar-refractivity contribution in [2.24, 2.45) is 0 Å². The molecule has 0 aliphatic heterocycles. The van der Waals surface area contributed by atoms with E-state index < -0.39 is 0 Å². The molecule has 0 atom stereocenters. The highest BCUT2D eigenvalue weighted by Crippen LogP contribution is 2.22. The van der Waals surface area contributed by atoms with Crippen LogP contribution in [0.3, 0.4) is 0 Å². The smallest absolute Gasteiger partial charge is 0.125 e. The number of hydrogen-bond donors (Lipinski definition) is 2. The number of hydrogen-bond acceptors (Lipinski definition) is 3. The standard InChI is InChI=1S/C14H14FNO2/c15-12-3-1-10(2-4-12)9-18-14-6-5-13(16)7-11(14)8-17/h1-7,17H,8-9,16H2. The molecule has 0 saturated heterocycles. The van der Waals surface area contributed by atoms with E-state index in [2.05, 4.69) is 0 Å². The van der Waals surface area contributed by atoms with Crippen molar-refractivity contribution in [2.75, 3.05) is 5.73 Å². The Morgan fingerprint density at radius 2 is 1.83 bits per heavy atom. The van der Waals surface area contributed by atoms with Crippen LogP contribution in [-0.4, -0.2) is 5.11 Å². The average Bonchev–Trinajstić information content (AvgIpc) is 2.39. The van der Waals surface area contributed by atoms with Crippen LogP contribution in [0.5, 0.6) is 5.75 Å². The number of nitrogen functional groups attached to an aromatic ring is 1. The summed E-state index contributed by atoms with van der Waals surface area (Å²) in [5.41, 5.74) is 7.69. The first kappa shape index (κ1) is 12.4.